The summed E-state index contributed by atoms with van der Waals surface area (Å²) in [7, 11) is 1.59. The lowest BCUT2D eigenvalue weighted by Gasteiger charge is -2.28. The number of amides is 1. The van der Waals surface area contributed by atoms with Crippen molar-refractivity contribution in [3.63, 3.8) is 0 Å². The Kier molecular flexibility index (Phi) is 4.57. The van der Waals surface area contributed by atoms with Crippen LogP contribution in [0.15, 0.2) is 6.20 Å². The lowest BCUT2D eigenvalue weighted by Crippen LogP contribution is -2.41. The molecule has 0 spiro atoms. The Morgan fingerprint density at radius 1 is 1.47 bits per heavy atom. The maximum Gasteiger partial charge on any atom is 0.323 e. The van der Waals surface area contributed by atoms with E-state index >= 15 is 0 Å². The Bertz CT molecular complexity index is 471. The summed E-state index contributed by atoms with van der Waals surface area (Å²) in [6, 6.07) is 0. The maximum atomic E-state index is 12.4. The van der Waals surface area contributed by atoms with E-state index in [1.54, 1.807) is 7.05 Å². The molecule has 0 bridgehead atoms. The summed E-state index contributed by atoms with van der Waals surface area (Å²) >= 11 is 5.91. The molecule has 0 saturated carbocycles. The highest BCUT2D eigenvalue weighted by atomic mass is 35.5. The van der Waals surface area contributed by atoms with Gasteiger partial charge in [0.1, 0.15) is 12.2 Å². The molecule has 1 aromatic heterocycles. The van der Waals surface area contributed by atoms with Crippen molar-refractivity contribution < 1.29 is 14.7 Å². The van der Waals surface area contributed by atoms with Crippen LogP contribution in [0.2, 0.25) is 5.02 Å². The van der Waals surface area contributed by atoms with Gasteiger partial charge in [-0.3, -0.25) is 14.3 Å². The van der Waals surface area contributed by atoms with E-state index in [-0.39, 0.29) is 22.7 Å². The van der Waals surface area contributed by atoms with E-state index in [0.717, 1.165) is 0 Å². The highest BCUT2D eigenvalue weighted by Gasteiger charge is 2.27. The van der Waals surface area contributed by atoms with Gasteiger partial charge in [0.2, 0.25) is 0 Å². The molecule has 1 aromatic rings. The molecule has 0 radical (unpaired) electrons. The Labute approximate surface area is 117 Å². The first kappa shape index (κ1) is 15.5. The fraction of sp³-hybridized carbons (Fsp3) is 0.583. The van der Waals surface area contributed by atoms with Gasteiger partial charge in [-0.05, 0) is 5.41 Å². The van der Waals surface area contributed by atoms with Gasteiger partial charge in [-0.25, -0.2) is 0 Å². The summed E-state index contributed by atoms with van der Waals surface area (Å²) in [5.74, 6) is -1.49. The van der Waals surface area contributed by atoms with Gasteiger partial charge < -0.3 is 10.0 Å². The normalized spacial score (nSPS) is 11.4. The van der Waals surface area contributed by atoms with Crippen LogP contribution >= 0.6 is 11.6 Å². The molecule has 1 N–H and O–H groups in total. The van der Waals surface area contributed by atoms with E-state index in [4.69, 9.17) is 16.7 Å². The summed E-state index contributed by atoms with van der Waals surface area (Å²) in [5.41, 5.74) is -0.0110. The average Bonchev–Trinajstić information content (AvgIpc) is 2.54. The summed E-state index contributed by atoms with van der Waals surface area (Å²) in [6.07, 6.45) is 1.37. The first-order valence-corrected chi connectivity index (χ1v) is 6.18. The topological polar surface area (TPSA) is 75.4 Å². The van der Waals surface area contributed by atoms with Gasteiger partial charge in [-0.15, -0.1) is 0 Å². The first-order valence-electron chi connectivity index (χ1n) is 5.80. The van der Waals surface area contributed by atoms with Gasteiger partial charge in [-0.1, -0.05) is 32.4 Å². The number of carbonyl (C=O) groups is 2. The van der Waals surface area contributed by atoms with E-state index < -0.39 is 11.9 Å². The Morgan fingerprint density at radius 2 is 2.05 bits per heavy atom. The fourth-order valence-corrected chi connectivity index (χ4v) is 1.98. The second-order valence-electron chi connectivity index (χ2n) is 5.58. The molecule has 1 rings (SSSR count). The predicted octanol–water partition coefficient (Wildman–Crippen LogP) is 1.65. The highest BCUT2D eigenvalue weighted by Crippen LogP contribution is 2.20. The number of aryl methyl sites for hydroxylation is 1. The molecule has 0 aromatic carbocycles. The van der Waals surface area contributed by atoms with Crippen molar-refractivity contribution in [3.8, 4) is 0 Å². The van der Waals surface area contributed by atoms with E-state index in [2.05, 4.69) is 5.10 Å². The summed E-state index contributed by atoms with van der Waals surface area (Å²) in [6.45, 7) is 5.75. The van der Waals surface area contributed by atoms with Gasteiger partial charge in [0.25, 0.3) is 5.91 Å². The molecule has 1 amide bonds. The van der Waals surface area contributed by atoms with Crippen LogP contribution in [0.3, 0.4) is 0 Å². The number of carbonyl (C=O) groups excluding carboxylic acids is 1. The average molecular weight is 288 g/mol. The number of carboxylic acid groups (broad SMARTS) is 1. The fourth-order valence-electron chi connectivity index (χ4n) is 1.74. The number of rotatable bonds is 4. The van der Waals surface area contributed by atoms with Gasteiger partial charge in [0.05, 0.1) is 11.2 Å². The van der Waals surface area contributed by atoms with Crippen LogP contribution in [-0.4, -0.2) is 44.8 Å². The van der Waals surface area contributed by atoms with Crippen LogP contribution in [0, 0.1) is 5.41 Å². The van der Waals surface area contributed by atoms with Gasteiger partial charge >= 0.3 is 5.97 Å². The predicted molar refractivity (Wildman–Crippen MR) is 71.2 cm³/mol. The molecule has 0 unspecified atom stereocenters. The quantitative estimate of drug-likeness (QED) is 0.913. The number of aromatic nitrogens is 2. The third kappa shape index (κ3) is 4.24. The third-order valence-corrected chi connectivity index (χ3v) is 2.65. The molecule has 0 aliphatic heterocycles. The lowest BCUT2D eigenvalue weighted by molar-refractivity contribution is -0.138. The van der Waals surface area contributed by atoms with E-state index in [1.165, 1.54) is 15.8 Å². The Hall–Kier alpha value is -1.56. The monoisotopic (exact) mass is 287 g/mol. The van der Waals surface area contributed by atoms with Crippen molar-refractivity contribution in [1.82, 2.24) is 14.7 Å². The lowest BCUT2D eigenvalue weighted by atomic mass is 9.96. The SMILES string of the molecule is Cn1ncc(Cl)c1C(=O)N(CC(=O)O)CC(C)(C)C. The second-order valence-corrected chi connectivity index (χ2v) is 5.99. The van der Waals surface area contributed by atoms with Gasteiger partial charge in [-0.2, -0.15) is 5.10 Å². The minimum absolute atomic E-state index is 0.201. The molecule has 0 saturated heterocycles. The summed E-state index contributed by atoms with van der Waals surface area (Å²) in [4.78, 5) is 24.5. The maximum absolute atomic E-state index is 12.4. The first-order chi connectivity index (χ1) is 8.61. The van der Waals surface area contributed by atoms with Crippen LogP contribution < -0.4 is 0 Å². The number of hydrogen-bond donors (Lipinski definition) is 1. The smallest absolute Gasteiger partial charge is 0.323 e. The highest BCUT2D eigenvalue weighted by molar-refractivity contribution is 6.33. The van der Waals surface area contributed by atoms with Crippen molar-refractivity contribution >= 4 is 23.5 Å². The zero-order valence-electron chi connectivity index (χ0n) is 11.5. The second kappa shape index (κ2) is 5.61. The molecule has 7 heteroatoms. The third-order valence-electron chi connectivity index (χ3n) is 2.38. The number of halogens is 1. The van der Waals surface area contributed by atoms with Crippen LogP contribution in [-0.2, 0) is 11.8 Å². The van der Waals surface area contributed by atoms with Crippen LogP contribution in [0.4, 0.5) is 0 Å². The Morgan fingerprint density at radius 3 is 2.42 bits per heavy atom. The molecule has 6 nitrogen and oxygen atoms in total. The molecule has 0 aliphatic rings. The largest absolute Gasteiger partial charge is 0.480 e. The molecule has 106 valence electrons. The zero-order chi connectivity index (χ0) is 14.8. The molecule has 19 heavy (non-hydrogen) atoms. The van der Waals surface area contributed by atoms with Gasteiger partial charge in [0.15, 0.2) is 0 Å². The number of hydrogen-bond acceptors (Lipinski definition) is 3. The van der Waals surface area contributed by atoms with E-state index in [9.17, 15) is 9.59 Å². The molecule has 0 atom stereocenters. The van der Waals surface area contributed by atoms with Crippen LogP contribution in [0.1, 0.15) is 31.3 Å². The summed E-state index contributed by atoms with van der Waals surface area (Å²) < 4.78 is 1.35. The van der Waals surface area contributed by atoms with Gasteiger partial charge in [0, 0.05) is 13.6 Å². The van der Waals surface area contributed by atoms with Crippen molar-refractivity contribution in [2.45, 2.75) is 20.8 Å². The number of carboxylic acids is 1. The number of nitrogens with zero attached hydrogens (tertiary/aromatic N) is 3. The molecule has 0 aliphatic carbocycles. The minimum Gasteiger partial charge on any atom is -0.480 e. The van der Waals surface area contributed by atoms with E-state index in [0.29, 0.717) is 6.54 Å². The molecular weight excluding hydrogens is 270 g/mol. The minimum atomic E-state index is -1.06. The number of aliphatic carboxylic acids is 1. The van der Waals surface area contributed by atoms with Crippen molar-refractivity contribution in [1.29, 1.82) is 0 Å². The summed E-state index contributed by atoms with van der Waals surface area (Å²) in [5, 5.41) is 13.0. The standard InChI is InChI=1S/C12H18ClN3O3/c1-12(2,3)7-16(6-9(17)18)11(19)10-8(13)5-14-15(10)4/h5H,6-7H2,1-4H3,(H,17,18). The van der Waals surface area contributed by atoms with Crippen LogP contribution in [0.25, 0.3) is 0 Å². The van der Waals surface area contributed by atoms with E-state index in [1.807, 2.05) is 20.8 Å². The molecular formula is C12H18ClN3O3. The zero-order valence-corrected chi connectivity index (χ0v) is 12.2. The van der Waals surface area contributed by atoms with Crippen LogP contribution in [0.5, 0.6) is 0 Å². The van der Waals surface area contributed by atoms with Crippen molar-refractivity contribution in [3.05, 3.63) is 16.9 Å². The van der Waals surface area contributed by atoms with Crippen molar-refractivity contribution in [2.75, 3.05) is 13.1 Å². The molecule has 1 heterocycles. The van der Waals surface area contributed by atoms with Crippen molar-refractivity contribution in [2.24, 2.45) is 12.5 Å². The Balaban J connectivity index is 3.04. The molecule has 0 fully saturated rings.